The molecule has 0 aliphatic carbocycles. The minimum absolute atomic E-state index is 0.180. The number of nitrogens with zero attached hydrogens (tertiary/aromatic N) is 1. The van der Waals surface area contributed by atoms with Gasteiger partial charge in [0.05, 0.1) is 6.54 Å². The molecule has 0 aliphatic heterocycles. The normalized spacial score (nSPS) is 11.4. The third-order valence-electron chi connectivity index (χ3n) is 3.51. The van der Waals surface area contributed by atoms with Gasteiger partial charge < -0.3 is 20.1 Å². The number of urea groups is 1. The summed E-state index contributed by atoms with van der Waals surface area (Å²) < 4.78 is 10.9. The maximum Gasteiger partial charge on any atom is 0.326 e. The van der Waals surface area contributed by atoms with E-state index in [9.17, 15) is 14.9 Å². The van der Waals surface area contributed by atoms with Gasteiger partial charge >= 0.3 is 6.03 Å². The fourth-order valence-electron chi connectivity index (χ4n) is 2.25. The Morgan fingerprint density at radius 1 is 1.14 bits per heavy atom. The van der Waals surface area contributed by atoms with Gasteiger partial charge in [0.2, 0.25) is 0 Å². The molecule has 0 spiro atoms. The first-order chi connectivity index (χ1) is 13.4. The van der Waals surface area contributed by atoms with Crippen molar-refractivity contribution >= 4 is 29.2 Å². The molecule has 0 fully saturated rings. The van der Waals surface area contributed by atoms with Crippen molar-refractivity contribution in [3.05, 3.63) is 40.6 Å². The van der Waals surface area contributed by atoms with Crippen LogP contribution in [-0.4, -0.2) is 38.0 Å². The van der Waals surface area contributed by atoms with Crippen LogP contribution in [0.5, 0.6) is 0 Å². The second-order valence-electron chi connectivity index (χ2n) is 5.46. The molecule has 1 rings (SSSR count). The number of allylic oxidation sites excluding steroid dienone is 1. The van der Waals surface area contributed by atoms with Crippen LogP contribution in [0.4, 0.5) is 10.5 Å². The molecule has 8 nitrogen and oxygen atoms in total. The zero-order chi connectivity index (χ0) is 20.9. The Bertz CT molecular complexity index is 722. The zero-order valence-corrected chi connectivity index (χ0v) is 16.9. The molecule has 0 aromatic heterocycles. The average Bonchev–Trinajstić information content (AvgIpc) is 2.66. The Kier molecular flexibility index (Phi) is 10.7. The highest BCUT2D eigenvalue weighted by molar-refractivity contribution is 6.30. The van der Waals surface area contributed by atoms with Crippen molar-refractivity contribution in [2.45, 2.75) is 33.5 Å². The number of anilines is 1. The molecule has 0 saturated carbocycles. The number of carbonyl (C=O) groups excluding carboxylic acids is 2. The third-order valence-corrected chi connectivity index (χ3v) is 3.76. The summed E-state index contributed by atoms with van der Waals surface area (Å²) in [6, 6.07) is 7.48. The van der Waals surface area contributed by atoms with E-state index in [2.05, 4.69) is 16.0 Å². The van der Waals surface area contributed by atoms with E-state index in [0.717, 1.165) is 0 Å². The van der Waals surface area contributed by atoms with Crippen molar-refractivity contribution < 1.29 is 19.1 Å². The van der Waals surface area contributed by atoms with Crippen LogP contribution in [0.2, 0.25) is 5.02 Å². The molecule has 3 amide bonds. The maximum atomic E-state index is 12.3. The van der Waals surface area contributed by atoms with Crippen LogP contribution in [0.3, 0.4) is 0 Å². The fraction of sp³-hybridized carbons (Fsp3) is 0.421. The Hall–Kier alpha value is -2.60. The number of hydrogen-bond donors (Lipinski definition) is 3. The monoisotopic (exact) mass is 408 g/mol. The minimum atomic E-state index is -0.803. The number of halogens is 1. The second kappa shape index (κ2) is 12.7. The summed E-state index contributed by atoms with van der Waals surface area (Å²) in [5.74, 6) is -0.803. The topological polar surface area (TPSA) is 112 Å². The van der Waals surface area contributed by atoms with E-state index in [4.69, 9.17) is 21.1 Å². The fourth-order valence-corrected chi connectivity index (χ4v) is 2.38. The van der Waals surface area contributed by atoms with Gasteiger partial charge in [-0.15, -0.1) is 0 Å². The van der Waals surface area contributed by atoms with Crippen molar-refractivity contribution in [2.75, 3.05) is 25.1 Å². The molecule has 0 bridgehead atoms. The molecule has 0 unspecified atom stereocenters. The molecule has 0 heterocycles. The highest BCUT2D eigenvalue weighted by Crippen LogP contribution is 2.13. The van der Waals surface area contributed by atoms with Crippen molar-refractivity contribution in [3.8, 4) is 6.07 Å². The molecule has 0 radical (unpaired) electrons. The Balaban J connectivity index is 2.77. The predicted octanol–water partition coefficient (Wildman–Crippen LogP) is 3.16. The van der Waals surface area contributed by atoms with E-state index in [-0.39, 0.29) is 12.1 Å². The SMILES string of the molecule is CCOC(CNC(CC)=C(C#N)C(=O)NC(=O)Nc1ccc(Cl)cc1)OCC. The number of benzene rings is 1. The third kappa shape index (κ3) is 7.96. The van der Waals surface area contributed by atoms with Gasteiger partial charge in [-0.1, -0.05) is 18.5 Å². The van der Waals surface area contributed by atoms with E-state index in [0.29, 0.717) is 36.0 Å². The quantitative estimate of drug-likeness (QED) is 0.311. The van der Waals surface area contributed by atoms with Crippen LogP contribution in [0.25, 0.3) is 0 Å². The standard InChI is InChI=1S/C19H25ClN4O4/c1-4-16(22-12-17(27-5-2)28-6-3)15(11-21)18(25)24-19(26)23-14-9-7-13(20)8-10-14/h7-10,17,22H,4-6,12H2,1-3H3,(H2,23,24,25,26). The van der Waals surface area contributed by atoms with Crippen LogP contribution in [0, 0.1) is 11.3 Å². The molecular weight excluding hydrogens is 384 g/mol. The summed E-state index contributed by atoms with van der Waals surface area (Å²) in [5, 5.41) is 17.5. The van der Waals surface area contributed by atoms with Gasteiger partial charge in [0.1, 0.15) is 11.6 Å². The summed E-state index contributed by atoms with van der Waals surface area (Å²) in [4.78, 5) is 24.4. The Morgan fingerprint density at radius 3 is 2.25 bits per heavy atom. The van der Waals surface area contributed by atoms with Crippen molar-refractivity contribution in [1.29, 1.82) is 5.26 Å². The van der Waals surface area contributed by atoms with Crippen molar-refractivity contribution in [1.82, 2.24) is 10.6 Å². The maximum absolute atomic E-state index is 12.3. The van der Waals surface area contributed by atoms with E-state index in [1.165, 1.54) is 0 Å². The smallest absolute Gasteiger partial charge is 0.326 e. The molecule has 0 aliphatic rings. The van der Waals surface area contributed by atoms with Gasteiger partial charge in [-0.05, 0) is 44.5 Å². The van der Waals surface area contributed by atoms with Gasteiger partial charge in [0.25, 0.3) is 5.91 Å². The van der Waals surface area contributed by atoms with E-state index in [1.807, 2.05) is 19.9 Å². The lowest BCUT2D eigenvalue weighted by Crippen LogP contribution is -2.37. The first-order valence-corrected chi connectivity index (χ1v) is 9.31. The Morgan fingerprint density at radius 2 is 1.75 bits per heavy atom. The average molecular weight is 409 g/mol. The first-order valence-electron chi connectivity index (χ1n) is 8.93. The summed E-state index contributed by atoms with van der Waals surface area (Å²) in [5.41, 5.74) is 0.673. The molecule has 28 heavy (non-hydrogen) atoms. The highest BCUT2D eigenvalue weighted by Gasteiger charge is 2.18. The van der Waals surface area contributed by atoms with Crippen molar-refractivity contribution in [3.63, 3.8) is 0 Å². The molecule has 9 heteroatoms. The number of nitriles is 1. The molecule has 1 aromatic rings. The molecular formula is C19H25ClN4O4. The number of imide groups is 1. The van der Waals surface area contributed by atoms with Crippen LogP contribution >= 0.6 is 11.6 Å². The first kappa shape index (κ1) is 23.4. The minimum Gasteiger partial charge on any atom is -0.382 e. The van der Waals surface area contributed by atoms with Gasteiger partial charge in [0.15, 0.2) is 6.29 Å². The lowest BCUT2D eigenvalue weighted by atomic mass is 10.1. The molecule has 3 N–H and O–H groups in total. The largest absolute Gasteiger partial charge is 0.382 e. The predicted molar refractivity (Wildman–Crippen MR) is 107 cm³/mol. The second-order valence-corrected chi connectivity index (χ2v) is 5.89. The lowest BCUT2D eigenvalue weighted by molar-refractivity contribution is -0.132. The lowest BCUT2D eigenvalue weighted by Gasteiger charge is -2.19. The number of rotatable bonds is 10. The van der Waals surface area contributed by atoms with Crippen LogP contribution in [0.1, 0.15) is 27.2 Å². The summed E-state index contributed by atoms with van der Waals surface area (Å²) in [7, 11) is 0. The summed E-state index contributed by atoms with van der Waals surface area (Å²) in [6.45, 7) is 6.67. The molecule has 0 atom stereocenters. The van der Waals surface area contributed by atoms with Gasteiger partial charge in [0, 0.05) is 29.6 Å². The van der Waals surface area contributed by atoms with Crippen LogP contribution in [-0.2, 0) is 14.3 Å². The number of carbonyl (C=O) groups is 2. The Labute approximate surface area is 169 Å². The van der Waals surface area contributed by atoms with E-state index < -0.39 is 18.2 Å². The number of nitrogens with one attached hydrogen (secondary N) is 3. The van der Waals surface area contributed by atoms with Gasteiger partial charge in [-0.2, -0.15) is 5.26 Å². The summed E-state index contributed by atoms with van der Waals surface area (Å²) >= 11 is 5.79. The van der Waals surface area contributed by atoms with Crippen LogP contribution in [0.15, 0.2) is 35.5 Å². The van der Waals surface area contributed by atoms with Crippen molar-refractivity contribution in [2.24, 2.45) is 0 Å². The molecule has 1 aromatic carbocycles. The zero-order valence-electron chi connectivity index (χ0n) is 16.2. The molecule has 152 valence electrons. The van der Waals surface area contributed by atoms with E-state index in [1.54, 1.807) is 31.2 Å². The van der Waals surface area contributed by atoms with E-state index >= 15 is 0 Å². The van der Waals surface area contributed by atoms with Gasteiger partial charge in [-0.25, -0.2) is 4.79 Å². The molecule has 0 saturated heterocycles. The van der Waals surface area contributed by atoms with Crippen LogP contribution < -0.4 is 16.0 Å². The van der Waals surface area contributed by atoms with Gasteiger partial charge in [-0.3, -0.25) is 10.1 Å². The summed E-state index contributed by atoms with van der Waals surface area (Å²) in [6.07, 6.45) is -0.118. The highest BCUT2D eigenvalue weighted by atomic mass is 35.5. The number of ether oxygens (including phenoxy) is 2. The number of amides is 3. The number of hydrogen-bond acceptors (Lipinski definition) is 6.